The Morgan fingerprint density at radius 1 is 1.11 bits per heavy atom. The smallest absolute Gasteiger partial charge is 0.165 e. The van der Waals surface area contributed by atoms with Crippen LogP contribution in [0.4, 0.5) is 17.2 Å². The number of pyridine rings is 1. The Morgan fingerprint density at radius 2 is 1.84 bits per heavy atom. The Morgan fingerprint density at radius 3 is 2.37 bits per heavy atom. The molecule has 0 spiro atoms. The van der Waals surface area contributed by atoms with Crippen molar-refractivity contribution in [3.63, 3.8) is 0 Å². The van der Waals surface area contributed by atoms with Gasteiger partial charge in [-0.25, -0.2) is 4.98 Å². The van der Waals surface area contributed by atoms with Crippen molar-refractivity contribution >= 4 is 17.2 Å². The maximum absolute atomic E-state index is 8.73. The van der Waals surface area contributed by atoms with E-state index in [0.717, 1.165) is 5.56 Å². The van der Waals surface area contributed by atoms with Crippen LogP contribution in [-0.2, 0) is 6.42 Å². The second-order valence-electron chi connectivity index (χ2n) is 3.84. The fourth-order valence-corrected chi connectivity index (χ4v) is 1.37. The van der Waals surface area contributed by atoms with E-state index in [1.54, 1.807) is 24.3 Å². The van der Waals surface area contributed by atoms with Crippen molar-refractivity contribution in [1.82, 2.24) is 4.98 Å². The van der Waals surface area contributed by atoms with E-state index in [-0.39, 0.29) is 18.2 Å². The van der Waals surface area contributed by atoms with Gasteiger partial charge in [0.2, 0.25) is 0 Å². The fourth-order valence-electron chi connectivity index (χ4n) is 1.37. The normalized spacial score (nSPS) is 9.53. The fraction of sp³-hybridized carbons (Fsp3) is 0.154. The number of hydrogen-bond acceptors (Lipinski definition) is 6. The first-order chi connectivity index (χ1) is 9.04. The van der Waals surface area contributed by atoms with Crippen LogP contribution in [0, 0.1) is 0 Å². The number of anilines is 3. The summed E-state index contributed by atoms with van der Waals surface area (Å²) in [4.78, 5) is 3.61. The molecule has 0 saturated carbocycles. The Labute approximate surface area is 111 Å². The second-order valence-corrected chi connectivity index (χ2v) is 3.84. The summed E-state index contributed by atoms with van der Waals surface area (Å²) in [7, 11) is 0. The predicted molar refractivity (Wildman–Crippen MR) is 76.4 cm³/mol. The van der Waals surface area contributed by atoms with Crippen molar-refractivity contribution in [2.45, 2.75) is 6.42 Å². The van der Waals surface area contributed by atoms with E-state index in [1.807, 2.05) is 0 Å². The third kappa shape index (κ3) is 4.72. The summed E-state index contributed by atoms with van der Waals surface area (Å²) in [5.74, 6) is 0.208. The van der Waals surface area contributed by atoms with Crippen molar-refractivity contribution in [3.05, 3.63) is 42.1 Å². The van der Waals surface area contributed by atoms with E-state index in [1.165, 1.54) is 12.3 Å². The Bertz CT molecular complexity index is 511. The molecule has 1 aromatic heterocycles. The molecule has 0 radical (unpaired) electrons. The number of rotatable bonds is 2. The van der Waals surface area contributed by atoms with Crippen LogP contribution in [0.1, 0.15) is 5.56 Å². The molecule has 0 unspecified atom stereocenters. The molecule has 0 aliphatic heterocycles. The Balaban J connectivity index is 0.000000200. The zero-order valence-electron chi connectivity index (χ0n) is 10.5. The van der Waals surface area contributed by atoms with Crippen molar-refractivity contribution in [2.75, 3.05) is 23.8 Å². The largest absolute Gasteiger partial charge is 0.504 e. The van der Waals surface area contributed by atoms with Crippen LogP contribution < -0.4 is 17.2 Å². The van der Waals surface area contributed by atoms with Gasteiger partial charge in [0, 0.05) is 24.2 Å². The van der Waals surface area contributed by atoms with Crippen molar-refractivity contribution in [2.24, 2.45) is 0 Å². The van der Waals surface area contributed by atoms with Gasteiger partial charge in [0.05, 0.1) is 0 Å². The molecule has 0 aliphatic carbocycles. The molecule has 2 aromatic rings. The van der Waals surface area contributed by atoms with E-state index >= 15 is 0 Å². The van der Waals surface area contributed by atoms with E-state index in [0.29, 0.717) is 17.8 Å². The van der Waals surface area contributed by atoms with Gasteiger partial charge in [-0.2, -0.15) is 0 Å². The minimum atomic E-state index is 0.0347. The molecule has 8 N–H and O–H groups in total. The first kappa shape index (κ1) is 14.6. The maximum atomic E-state index is 8.73. The summed E-state index contributed by atoms with van der Waals surface area (Å²) in [6, 6.07) is 8.39. The lowest BCUT2D eigenvalue weighted by molar-refractivity contribution is 0.300. The maximum Gasteiger partial charge on any atom is 0.165 e. The van der Waals surface area contributed by atoms with Gasteiger partial charge in [-0.3, -0.25) is 0 Å². The number of aliphatic hydroxyl groups is 1. The molecule has 0 saturated heterocycles. The number of nitrogens with zero attached hydrogens (tertiary/aromatic N) is 1. The van der Waals surface area contributed by atoms with Crippen LogP contribution in [0.15, 0.2) is 36.5 Å². The van der Waals surface area contributed by atoms with Gasteiger partial charge in [-0.05, 0) is 42.3 Å². The first-order valence-corrected chi connectivity index (χ1v) is 5.68. The van der Waals surface area contributed by atoms with Crippen LogP contribution in [0.25, 0.3) is 0 Å². The van der Waals surface area contributed by atoms with Gasteiger partial charge in [0.15, 0.2) is 11.6 Å². The summed E-state index contributed by atoms with van der Waals surface area (Å²) in [5, 5.41) is 17.4. The minimum Gasteiger partial charge on any atom is -0.504 e. The predicted octanol–water partition coefficient (Wildman–Crippen LogP) is 0.755. The summed E-state index contributed by atoms with van der Waals surface area (Å²) in [6.07, 6.45) is 2.09. The highest BCUT2D eigenvalue weighted by Gasteiger charge is 1.97. The molecule has 6 heteroatoms. The topological polar surface area (TPSA) is 131 Å². The standard InChI is InChI=1S/C8H12N2O.C5H6N2O/c9-7-1-2-8(10)6(5-7)3-4-11;6-5-4(8)2-1-3-7-5/h1-2,5,11H,3-4,9-10H2;1-3,8H,(H2,6,7). The minimum absolute atomic E-state index is 0.0347. The third-order valence-corrected chi connectivity index (χ3v) is 2.36. The first-order valence-electron chi connectivity index (χ1n) is 5.68. The second kappa shape index (κ2) is 7.07. The van der Waals surface area contributed by atoms with E-state index in [2.05, 4.69) is 4.98 Å². The number of nitrogens with two attached hydrogens (primary N) is 3. The molecule has 1 heterocycles. The lowest BCUT2D eigenvalue weighted by Gasteiger charge is -2.03. The summed E-state index contributed by atoms with van der Waals surface area (Å²) in [5.41, 5.74) is 18.6. The number of aromatic hydroxyl groups is 1. The molecule has 2 rings (SSSR count). The number of aromatic nitrogens is 1. The average molecular weight is 262 g/mol. The zero-order valence-corrected chi connectivity index (χ0v) is 10.5. The van der Waals surface area contributed by atoms with Crippen molar-refractivity contribution in [1.29, 1.82) is 0 Å². The molecule has 0 atom stereocenters. The molecular formula is C13H18N4O2. The summed E-state index contributed by atoms with van der Waals surface area (Å²) in [6.45, 7) is 0.105. The highest BCUT2D eigenvalue weighted by Crippen LogP contribution is 2.15. The van der Waals surface area contributed by atoms with Gasteiger partial charge in [0.25, 0.3) is 0 Å². The van der Waals surface area contributed by atoms with Crippen LogP contribution in [-0.4, -0.2) is 21.8 Å². The van der Waals surface area contributed by atoms with Crippen LogP contribution in [0.5, 0.6) is 5.75 Å². The molecule has 19 heavy (non-hydrogen) atoms. The third-order valence-electron chi connectivity index (χ3n) is 2.36. The quantitative estimate of drug-likeness (QED) is 0.507. The highest BCUT2D eigenvalue weighted by atomic mass is 16.3. The zero-order chi connectivity index (χ0) is 14.3. The lowest BCUT2D eigenvalue weighted by atomic mass is 10.1. The molecule has 0 aliphatic rings. The van der Waals surface area contributed by atoms with E-state index in [9.17, 15) is 0 Å². The average Bonchev–Trinajstić information content (AvgIpc) is 2.39. The Kier molecular flexibility index (Phi) is 5.43. The molecule has 0 amide bonds. The molecule has 0 fully saturated rings. The lowest BCUT2D eigenvalue weighted by Crippen LogP contribution is -1.98. The van der Waals surface area contributed by atoms with E-state index < -0.39 is 0 Å². The number of benzene rings is 1. The van der Waals surface area contributed by atoms with Gasteiger partial charge in [0.1, 0.15) is 0 Å². The van der Waals surface area contributed by atoms with Crippen LogP contribution in [0.2, 0.25) is 0 Å². The molecule has 0 bridgehead atoms. The Hall–Kier alpha value is -2.47. The van der Waals surface area contributed by atoms with Crippen molar-refractivity contribution < 1.29 is 10.2 Å². The molecule has 6 nitrogen and oxygen atoms in total. The number of aliphatic hydroxyl groups excluding tert-OH is 1. The van der Waals surface area contributed by atoms with Gasteiger partial charge >= 0.3 is 0 Å². The SMILES string of the molecule is Nc1ccc(N)c(CCO)c1.Nc1ncccc1O. The number of nitrogen functional groups attached to an aromatic ring is 3. The van der Waals surface area contributed by atoms with Crippen molar-refractivity contribution in [3.8, 4) is 5.75 Å². The molecule has 102 valence electrons. The van der Waals surface area contributed by atoms with E-state index in [4.69, 9.17) is 27.4 Å². The highest BCUT2D eigenvalue weighted by molar-refractivity contribution is 5.55. The molecular weight excluding hydrogens is 244 g/mol. The summed E-state index contributed by atoms with van der Waals surface area (Å²) < 4.78 is 0. The van der Waals surface area contributed by atoms with Crippen LogP contribution in [0.3, 0.4) is 0 Å². The van der Waals surface area contributed by atoms with Crippen LogP contribution >= 0.6 is 0 Å². The molecule has 1 aromatic carbocycles. The summed E-state index contributed by atoms with van der Waals surface area (Å²) >= 11 is 0. The van der Waals surface area contributed by atoms with Gasteiger partial charge < -0.3 is 27.4 Å². The van der Waals surface area contributed by atoms with Gasteiger partial charge in [-0.15, -0.1) is 0 Å². The monoisotopic (exact) mass is 262 g/mol. The van der Waals surface area contributed by atoms with Gasteiger partial charge in [-0.1, -0.05) is 0 Å². The number of hydrogen-bond donors (Lipinski definition) is 5.